The molecule has 0 aliphatic heterocycles. The van der Waals surface area contributed by atoms with Gasteiger partial charge in [0.25, 0.3) is 0 Å². The summed E-state index contributed by atoms with van der Waals surface area (Å²) in [4.78, 5) is 0. The first-order valence-corrected chi connectivity index (χ1v) is 7.51. The Morgan fingerprint density at radius 1 is 0.765 bits per heavy atom. The molecule has 1 nitrogen and oxygen atoms in total. The van der Waals surface area contributed by atoms with E-state index < -0.39 is 0 Å². The van der Waals surface area contributed by atoms with E-state index in [0.29, 0.717) is 0 Å². The summed E-state index contributed by atoms with van der Waals surface area (Å²) in [5.74, 6) is 0.842. The summed E-state index contributed by atoms with van der Waals surface area (Å²) in [5.41, 5.74) is 5.54. The van der Waals surface area contributed by atoms with Crippen molar-refractivity contribution in [1.82, 2.24) is 0 Å². The summed E-state index contributed by atoms with van der Waals surface area (Å²) in [5, 5.41) is 0. The quantitative estimate of drug-likeness (QED) is 0.362. The van der Waals surface area contributed by atoms with Crippen molar-refractivity contribution >= 4 is 24.0 Å². The largest absolute Gasteiger partial charge is 0.330 e. The molecule has 0 radical (unpaired) electrons. The zero-order chi connectivity index (χ0) is 12.1. The van der Waals surface area contributed by atoms with Gasteiger partial charge in [0.15, 0.2) is 0 Å². The topological polar surface area (TPSA) is 26.0 Å². The predicted molar refractivity (Wildman–Crippen MR) is 90.1 cm³/mol. The highest BCUT2D eigenvalue weighted by atomic mass is 127. The molecular formula is C15H34IN. The number of rotatable bonds is 12. The fourth-order valence-corrected chi connectivity index (χ4v) is 2.23. The zero-order valence-electron chi connectivity index (χ0n) is 12.0. The molecule has 0 aromatic rings. The van der Waals surface area contributed by atoms with Gasteiger partial charge in [0.2, 0.25) is 0 Å². The Hall–Kier alpha value is 0.690. The smallest absolute Gasteiger partial charge is 0.00747 e. The lowest BCUT2D eigenvalue weighted by Gasteiger charge is -2.09. The van der Waals surface area contributed by atoms with Crippen LogP contribution in [0.2, 0.25) is 0 Å². The number of unbranched alkanes of at least 4 members (excludes halogenated alkanes) is 8. The van der Waals surface area contributed by atoms with Crippen LogP contribution >= 0.6 is 24.0 Å². The maximum atomic E-state index is 5.54. The Morgan fingerprint density at radius 2 is 1.24 bits per heavy atom. The molecule has 0 bridgehead atoms. The molecule has 0 heterocycles. The van der Waals surface area contributed by atoms with Gasteiger partial charge in [0, 0.05) is 0 Å². The third-order valence-corrected chi connectivity index (χ3v) is 3.46. The van der Waals surface area contributed by atoms with Crippen LogP contribution in [0.15, 0.2) is 0 Å². The van der Waals surface area contributed by atoms with Crippen LogP contribution in [0.4, 0.5) is 0 Å². The number of halogens is 1. The third-order valence-electron chi connectivity index (χ3n) is 3.46. The standard InChI is InChI=1S/C15H33N.HI/c1-3-4-5-6-7-8-9-10-11-12-15(2)13-14-16;/h15H,3-14,16H2,1-2H3;1H. The molecule has 0 saturated heterocycles. The van der Waals surface area contributed by atoms with Crippen molar-refractivity contribution in [2.75, 3.05) is 6.54 Å². The maximum absolute atomic E-state index is 5.54. The van der Waals surface area contributed by atoms with Crippen molar-refractivity contribution in [3.05, 3.63) is 0 Å². The molecule has 0 fully saturated rings. The van der Waals surface area contributed by atoms with Gasteiger partial charge in [-0.15, -0.1) is 24.0 Å². The first kappa shape index (κ1) is 20.0. The van der Waals surface area contributed by atoms with Crippen molar-refractivity contribution in [3.8, 4) is 0 Å². The minimum Gasteiger partial charge on any atom is -0.330 e. The van der Waals surface area contributed by atoms with Crippen molar-refractivity contribution in [3.63, 3.8) is 0 Å². The summed E-state index contributed by atoms with van der Waals surface area (Å²) in [6.07, 6.45) is 15.5. The molecule has 1 atom stereocenters. The van der Waals surface area contributed by atoms with Crippen LogP contribution in [0.1, 0.15) is 84.5 Å². The minimum absolute atomic E-state index is 0. The molecule has 2 N–H and O–H groups in total. The second-order valence-corrected chi connectivity index (χ2v) is 5.30. The molecule has 0 aliphatic carbocycles. The van der Waals surface area contributed by atoms with Crippen molar-refractivity contribution < 1.29 is 0 Å². The Kier molecular flexibility index (Phi) is 19.7. The van der Waals surface area contributed by atoms with E-state index in [0.717, 1.165) is 12.5 Å². The molecule has 1 unspecified atom stereocenters. The molecule has 0 aromatic heterocycles. The summed E-state index contributed by atoms with van der Waals surface area (Å²) in [6, 6.07) is 0. The summed E-state index contributed by atoms with van der Waals surface area (Å²) in [6.45, 7) is 5.47. The molecule has 0 aromatic carbocycles. The van der Waals surface area contributed by atoms with Gasteiger partial charge in [-0.3, -0.25) is 0 Å². The second-order valence-electron chi connectivity index (χ2n) is 5.30. The molecular weight excluding hydrogens is 321 g/mol. The zero-order valence-corrected chi connectivity index (χ0v) is 14.4. The highest BCUT2D eigenvalue weighted by Gasteiger charge is 1.99. The normalized spacial score (nSPS) is 12.2. The molecule has 17 heavy (non-hydrogen) atoms. The third kappa shape index (κ3) is 16.7. The Labute approximate surface area is 126 Å². The lowest BCUT2D eigenvalue weighted by Crippen LogP contribution is -2.05. The van der Waals surface area contributed by atoms with E-state index in [9.17, 15) is 0 Å². The predicted octanol–water partition coefficient (Wildman–Crippen LogP) is 5.51. The molecule has 0 saturated carbocycles. The fraction of sp³-hybridized carbons (Fsp3) is 1.00. The first-order valence-electron chi connectivity index (χ1n) is 7.51. The molecule has 106 valence electrons. The minimum atomic E-state index is 0. The van der Waals surface area contributed by atoms with Crippen LogP contribution in [-0.2, 0) is 0 Å². The first-order chi connectivity index (χ1) is 7.81. The van der Waals surface area contributed by atoms with Crippen LogP contribution in [0, 0.1) is 5.92 Å². The van der Waals surface area contributed by atoms with Gasteiger partial charge < -0.3 is 5.73 Å². The van der Waals surface area contributed by atoms with E-state index >= 15 is 0 Å². The monoisotopic (exact) mass is 355 g/mol. The van der Waals surface area contributed by atoms with Gasteiger partial charge in [-0.1, -0.05) is 78.1 Å². The molecule has 0 rings (SSSR count). The molecule has 0 amide bonds. The van der Waals surface area contributed by atoms with E-state index in [1.54, 1.807) is 0 Å². The fourth-order valence-electron chi connectivity index (χ4n) is 2.23. The molecule has 0 aliphatic rings. The van der Waals surface area contributed by atoms with E-state index in [4.69, 9.17) is 5.73 Å². The summed E-state index contributed by atoms with van der Waals surface area (Å²) in [7, 11) is 0. The Bertz CT molecular complexity index is 128. The average molecular weight is 355 g/mol. The van der Waals surface area contributed by atoms with Crippen LogP contribution in [-0.4, -0.2) is 6.54 Å². The van der Waals surface area contributed by atoms with Gasteiger partial charge in [-0.25, -0.2) is 0 Å². The van der Waals surface area contributed by atoms with Gasteiger partial charge in [-0.05, 0) is 18.9 Å². The highest BCUT2D eigenvalue weighted by molar-refractivity contribution is 14.0. The van der Waals surface area contributed by atoms with E-state index in [1.807, 2.05) is 0 Å². The SMILES string of the molecule is CCCCCCCCCCCC(C)CCN.I. The van der Waals surface area contributed by atoms with E-state index in [1.165, 1.54) is 70.6 Å². The maximum Gasteiger partial charge on any atom is -0.00747 e. The Morgan fingerprint density at radius 3 is 1.71 bits per heavy atom. The van der Waals surface area contributed by atoms with E-state index in [2.05, 4.69) is 13.8 Å². The van der Waals surface area contributed by atoms with Crippen LogP contribution in [0.25, 0.3) is 0 Å². The lowest BCUT2D eigenvalue weighted by atomic mass is 9.99. The van der Waals surface area contributed by atoms with Gasteiger partial charge >= 0.3 is 0 Å². The summed E-state index contributed by atoms with van der Waals surface area (Å²) < 4.78 is 0. The lowest BCUT2D eigenvalue weighted by molar-refractivity contribution is 0.459. The van der Waals surface area contributed by atoms with Crippen molar-refractivity contribution in [2.24, 2.45) is 11.7 Å². The highest BCUT2D eigenvalue weighted by Crippen LogP contribution is 2.14. The summed E-state index contributed by atoms with van der Waals surface area (Å²) >= 11 is 0. The van der Waals surface area contributed by atoms with Crippen LogP contribution in [0.5, 0.6) is 0 Å². The van der Waals surface area contributed by atoms with Gasteiger partial charge in [0.05, 0.1) is 0 Å². The average Bonchev–Trinajstić information content (AvgIpc) is 2.27. The molecule has 2 heteroatoms. The van der Waals surface area contributed by atoms with Crippen molar-refractivity contribution in [2.45, 2.75) is 84.5 Å². The van der Waals surface area contributed by atoms with Crippen LogP contribution < -0.4 is 5.73 Å². The molecule has 0 spiro atoms. The van der Waals surface area contributed by atoms with Crippen LogP contribution in [0.3, 0.4) is 0 Å². The van der Waals surface area contributed by atoms with Gasteiger partial charge in [0.1, 0.15) is 0 Å². The number of hydrogen-bond donors (Lipinski definition) is 1. The van der Waals surface area contributed by atoms with E-state index in [-0.39, 0.29) is 24.0 Å². The van der Waals surface area contributed by atoms with Crippen molar-refractivity contribution in [1.29, 1.82) is 0 Å². The number of hydrogen-bond acceptors (Lipinski definition) is 1. The van der Waals surface area contributed by atoms with Gasteiger partial charge in [-0.2, -0.15) is 0 Å². The second kappa shape index (κ2) is 16.7. The Balaban J connectivity index is 0. The number of nitrogens with two attached hydrogens (primary N) is 1.